The fraction of sp³-hybridized carbons (Fsp3) is 0.385. The predicted molar refractivity (Wildman–Crippen MR) is 75.6 cm³/mol. The van der Waals surface area contributed by atoms with Crippen LogP contribution < -0.4 is 5.32 Å². The first-order valence-electron chi connectivity index (χ1n) is 6.14. The second-order valence-electron chi connectivity index (χ2n) is 4.64. The number of sulfone groups is 1. The van der Waals surface area contributed by atoms with Crippen LogP contribution in [0.15, 0.2) is 24.3 Å². The minimum Gasteiger partial charge on any atom is -0.480 e. The van der Waals surface area contributed by atoms with Crippen LogP contribution in [0.2, 0.25) is 0 Å². The maximum Gasteiger partial charge on any atom is 0.326 e. The number of aliphatic carboxylic acids is 1. The number of nitrogens with one attached hydrogen (secondary N) is 1. The van der Waals surface area contributed by atoms with Gasteiger partial charge in [-0.05, 0) is 17.7 Å². The van der Waals surface area contributed by atoms with Gasteiger partial charge in [0.1, 0.15) is 6.04 Å². The van der Waals surface area contributed by atoms with Crippen molar-refractivity contribution in [1.29, 1.82) is 0 Å². The number of aliphatic hydroxyl groups excluding tert-OH is 1. The summed E-state index contributed by atoms with van der Waals surface area (Å²) >= 11 is 0. The summed E-state index contributed by atoms with van der Waals surface area (Å²) < 4.78 is 22.3. The number of hydrogen-bond acceptors (Lipinski definition) is 5. The summed E-state index contributed by atoms with van der Waals surface area (Å²) in [5.74, 6) is -1.95. The molecule has 0 radical (unpaired) electrons. The Morgan fingerprint density at radius 2 is 1.81 bits per heavy atom. The Kier molecular flexibility index (Phi) is 5.86. The van der Waals surface area contributed by atoms with Gasteiger partial charge in [-0.15, -0.1) is 0 Å². The Balaban J connectivity index is 2.77. The van der Waals surface area contributed by atoms with Crippen LogP contribution in [0.1, 0.15) is 22.3 Å². The fourth-order valence-electron chi connectivity index (χ4n) is 1.68. The molecule has 0 aromatic heterocycles. The molecule has 0 aliphatic carbocycles. The number of carboxylic acid groups (broad SMARTS) is 1. The molecule has 1 atom stereocenters. The van der Waals surface area contributed by atoms with Crippen molar-refractivity contribution in [3.63, 3.8) is 0 Å². The zero-order valence-electron chi connectivity index (χ0n) is 11.4. The van der Waals surface area contributed by atoms with Crippen molar-refractivity contribution < 1.29 is 28.2 Å². The van der Waals surface area contributed by atoms with Crippen LogP contribution in [-0.4, -0.2) is 49.4 Å². The van der Waals surface area contributed by atoms with Gasteiger partial charge >= 0.3 is 5.97 Å². The van der Waals surface area contributed by atoms with E-state index in [4.69, 9.17) is 10.2 Å². The highest BCUT2D eigenvalue weighted by Crippen LogP contribution is 2.08. The molecular formula is C13H17NO6S. The summed E-state index contributed by atoms with van der Waals surface area (Å²) in [5, 5.41) is 19.9. The van der Waals surface area contributed by atoms with Crippen LogP contribution in [0.4, 0.5) is 0 Å². The van der Waals surface area contributed by atoms with Crippen molar-refractivity contribution >= 4 is 21.7 Å². The average Bonchev–Trinajstić information content (AvgIpc) is 2.36. The highest BCUT2D eigenvalue weighted by Gasteiger charge is 2.20. The maximum atomic E-state index is 11.9. The normalized spacial score (nSPS) is 12.7. The lowest BCUT2D eigenvalue weighted by molar-refractivity contribution is -0.139. The van der Waals surface area contributed by atoms with Crippen molar-refractivity contribution in [2.75, 3.05) is 12.9 Å². The third kappa shape index (κ3) is 5.92. The third-order valence-electron chi connectivity index (χ3n) is 2.67. The second-order valence-corrected chi connectivity index (χ2v) is 6.78. The summed E-state index contributed by atoms with van der Waals surface area (Å²) in [6.07, 6.45) is 1.02. The first-order chi connectivity index (χ1) is 9.73. The molecule has 3 N–H and O–H groups in total. The Morgan fingerprint density at radius 3 is 2.24 bits per heavy atom. The number of amides is 1. The van der Waals surface area contributed by atoms with Crippen molar-refractivity contribution in [1.82, 2.24) is 5.32 Å². The molecule has 1 aromatic rings. The Hall–Kier alpha value is -1.93. The van der Waals surface area contributed by atoms with Crippen molar-refractivity contribution in [3.8, 4) is 0 Å². The highest BCUT2D eigenvalue weighted by molar-refractivity contribution is 7.89. The van der Waals surface area contributed by atoms with E-state index in [0.717, 1.165) is 6.26 Å². The number of rotatable bonds is 7. The molecule has 21 heavy (non-hydrogen) atoms. The molecule has 8 heteroatoms. The molecule has 1 aromatic carbocycles. The molecule has 7 nitrogen and oxygen atoms in total. The summed E-state index contributed by atoms with van der Waals surface area (Å²) in [7, 11) is -3.15. The monoisotopic (exact) mass is 315 g/mol. The van der Waals surface area contributed by atoms with Crippen LogP contribution >= 0.6 is 0 Å². The third-order valence-corrected chi connectivity index (χ3v) is 3.52. The summed E-state index contributed by atoms with van der Waals surface area (Å²) in [4.78, 5) is 22.7. The van der Waals surface area contributed by atoms with Crippen molar-refractivity contribution in [3.05, 3.63) is 35.4 Å². The predicted octanol–water partition coefficient (Wildman–Crippen LogP) is -0.203. The van der Waals surface area contributed by atoms with E-state index in [1.165, 1.54) is 24.3 Å². The molecule has 1 amide bonds. The van der Waals surface area contributed by atoms with E-state index in [1.807, 2.05) is 0 Å². The number of carbonyl (C=O) groups is 2. The minimum absolute atomic E-state index is 0.0900. The van der Waals surface area contributed by atoms with Gasteiger partial charge in [0.25, 0.3) is 5.91 Å². The van der Waals surface area contributed by atoms with Crippen LogP contribution in [0, 0.1) is 0 Å². The van der Waals surface area contributed by atoms with Gasteiger partial charge in [-0.25, -0.2) is 13.2 Å². The first-order valence-corrected chi connectivity index (χ1v) is 8.20. The topological polar surface area (TPSA) is 121 Å². The van der Waals surface area contributed by atoms with Crippen LogP contribution in [-0.2, 0) is 20.4 Å². The molecular weight excluding hydrogens is 298 g/mol. The quantitative estimate of drug-likeness (QED) is 0.640. The highest BCUT2D eigenvalue weighted by atomic mass is 32.2. The summed E-state index contributed by atoms with van der Waals surface area (Å²) in [6, 6.07) is 4.68. The Morgan fingerprint density at radius 1 is 1.24 bits per heavy atom. The van der Waals surface area contributed by atoms with Crippen molar-refractivity contribution in [2.24, 2.45) is 0 Å². The second kappa shape index (κ2) is 7.19. The standard InChI is InChI=1S/C13H17NO6S/c1-21(19,20)8-9-2-4-10(5-3-9)12(16)14-11(6-7-15)13(17)18/h2-5,11,15H,6-8H2,1H3,(H,14,16)(H,17,18)/t11-/m0/s1. The van der Waals surface area contributed by atoms with Gasteiger partial charge < -0.3 is 15.5 Å². The lowest BCUT2D eigenvalue weighted by Gasteiger charge is -2.13. The van der Waals surface area contributed by atoms with Crippen LogP contribution in [0.3, 0.4) is 0 Å². The number of benzene rings is 1. The number of aliphatic hydroxyl groups is 1. The maximum absolute atomic E-state index is 11.9. The Bertz CT molecular complexity index is 608. The number of carbonyl (C=O) groups excluding carboxylic acids is 1. The van der Waals surface area contributed by atoms with Gasteiger partial charge in [-0.2, -0.15) is 0 Å². The van der Waals surface area contributed by atoms with E-state index >= 15 is 0 Å². The van der Waals surface area contributed by atoms with Gasteiger partial charge in [0.05, 0.1) is 5.75 Å². The van der Waals surface area contributed by atoms with Crippen LogP contribution in [0.5, 0.6) is 0 Å². The van der Waals surface area contributed by atoms with Crippen molar-refractivity contribution in [2.45, 2.75) is 18.2 Å². The Labute approximate surface area is 122 Å². The number of carboxylic acids is 1. The lowest BCUT2D eigenvalue weighted by Crippen LogP contribution is -2.41. The zero-order chi connectivity index (χ0) is 16.0. The smallest absolute Gasteiger partial charge is 0.326 e. The van der Waals surface area contributed by atoms with E-state index < -0.39 is 27.8 Å². The molecule has 0 saturated heterocycles. The molecule has 116 valence electrons. The molecule has 0 aliphatic heterocycles. The largest absolute Gasteiger partial charge is 0.480 e. The molecule has 0 saturated carbocycles. The van der Waals surface area contributed by atoms with E-state index in [0.29, 0.717) is 5.56 Å². The molecule has 1 rings (SSSR count). The van der Waals surface area contributed by atoms with E-state index in [1.54, 1.807) is 0 Å². The zero-order valence-corrected chi connectivity index (χ0v) is 12.3. The van der Waals surface area contributed by atoms with Gasteiger partial charge in [-0.1, -0.05) is 12.1 Å². The summed E-state index contributed by atoms with van der Waals surface area (Å²) in [6.45, 7) is -0.357. The lowest BCUT2D eigenvalue weighted by atomic mass is 10.1. The first kappa shape index (κ1) is 17.1. The van der Waals surface area contributed by atoms with E-state index in [9.17, 15) is 18.0 Å². The molecule has 0 fully saturated rings. The van der Waals surface area contributed by atoms with Crippen LogP contribution in [0.25, 0.3) is 0 Å². The van der Waals surface area contributed by atoms with Gasteiger partial charge in [0.15, 0.2) is 9.84 Å². The van der Waals surface area contributed by atoms with Gasteiger partial charge in [0.2, 0.25) is 0 Å². The number of hydrogen-bond donors (Lipinski definition) is 3. The minimum atomic E-state index is -3.15. The molecule has 0 aliphatic rings. The van der Waals surface area contributed by atoms with Gasteiger partial charge in [-0.3, -0.25) is 4.79 Å². The van der Waals surface area contributed by atoms with Gasteiger partial charge in [0, 0.05) is 24.8 Å². The molecule has 0 heterocycles. The van der Waals surface area contributed by atoms with E-state index in [2.05, 4.69) is 5.32 Å². The molecule has 0 bridgehead atoms. The van der Waals surface area contributed by atoms with E-state index in [-0.39, 0.29) is 24.3 Å². The SMILES string of the molecule is CS(=O)(=O)Cc1ccc(C(=O)N[C@@H](CCO)C(=O)O)cc1. The fourth-order valence-corrected chi connectivity index (χ4v) is 2.48. The summed E-state index contributed by atoms with van der Waals surface area (Å²) in [5.41, 5.74) is 0.760. The molecule has 0 spiro atoms. The average molecular weight is 315 g/mol. The molecule has 0 unspecified atom stereocenters.